The Morgan fingerprint density at radius 3 is 2.57 bits per heavy atom. The molecule has 0 aliphatic heterocycles. The number of hydrogen-bond acceptors (Lipinski definition) is 2. The summed E-state index contributed by atoms with van der Waals surface area (Å²) in [5.74, 6) is 0.338. The topological polar surface area (TPSA) is 38.3 Å². The first kappa shape index (κ1) is 15.1. The fraction of sp³-hybridized carbons (Fsp3) is 0.118. The minimum Gasteiger partial charge on any atom is -0.445 e. The largest absolute Gasteiger partial charge is 0.445 e. The molecule has 0 fully saturated rings. The number of hydrogen-bond donors (Lipinski definition) is 1. The van der Waals surface area contributed by atoms with E-state index in [2.05, 4.69) is 5.32 Å². The van der Waals surface area contributed by atoms with E-state index in [1.165, 1.54) is 0 Å². The monoisotopic (exact) mass is 301 g/mol. The maximum Gasteiger partial charge on any atom is 0.411 e. The maximum absolute atomic E-state index is 11.7. The Bertz CT molecular complexity index is 611. The van der Waals surface area contributed by atoms with Gasteiger partial charge in [-0.15, -0.1) is 11.6 Å². The Labute approximate surface area is 129 Å². The van der Waals surface area contributed by atoms with Crippen LogP contribution in [0.15, 0.2) is 60.7 Å². The van der Waals surface area contributed by atoms with Crippen molar-refractivity contribution >= 4 is 29.5 Å². The van der Waals surface area contributed by atoms with Crippen LogP contribution in [-0.4, -0.2) is 12.7 Å². The van der Waals surface area contributed by atoms with Crippen molar-refractivity contribution < 1.29 is 9.53 Å². The number of alkyl halides is 1. The summed E-state index contributed by atoms with van der Waals surface area (Å²) < 4.78 is 5.09. The molecule has 21 heavy (non-hydrogen) atoms. The molecule has 108 valence electrons. The molecule has 2 aromatic rings. The lowest BCUT2D eigenvalue weighted by molar-refractivity contribution is 0.174. The van der Waals surface area contributed by atoms with Gasteiger partial charge in [0.15, 0.2) is 0 Å². The fourth-order valence-corrected chi connectivity index (χ4v) is 2.01. The molecule has 4 heteroatoms. The van der Waals surface area contributed by atoms with Gasteiger partial charge in [-0.25, -0.2) is 4.79 Å². The molecule has 0 bridgehead atoms. The molecule has 1 N–H and O–H groups in total. The van der Waals surface area contributed by atoms with Gasteiger partial charge in [-0.1, -0.05) is 54.6 Å². The first-order valence-electron chi connectivity index (χ1n) is 6.59. The van der Waals surface area contributed by atoms with Crippen LogP contribution in [0.2, 0.25) is 0 Å². The van der Waals surface area contributed by atoms with Gasteiger partial charge in [0.1, 0.15) is 6.61 Å². The molecule has 3 nitrogen and oxygen atoms in total. The quantitative estimate of drug-likeness (QED) is 0.814. The normalized spacial score (nSPS) is 10.5. The summed E-state index contributed by atoms with van der Waals surface area (Å²) >= 11 is 5.81. The zero-order valence-electron chi connectivity index (χ0n) is 11.5. The van der Waals surface area contributed by atoms with Crippen LogP contribution < -0.4 is 5.32 Å². The number of rotatable bonds is 5. The van der Waals surface area contributed by atoms with Gasteiger partial charge in [0.05, 0.1) is 0 Å². The van der Waals surface area contributed by atoms with Crippen LogP contribution in [0.25, 0.3) is 6.08 Å². The molecule has 0 saturated carbocycles. The average Bonchev–Trinajstić information content (AvgIpc) is 2.53. The highest BCUT2D eigenvalue weighted by Crippen LogP contribution is 2.17. The van der Waals surface area contributed by atoms with Crippen molar-refractivity contribution in [3.8, 4) is 0 Å². The number of para-hydroxylation sites is 1. The molecule has 0 aliphatic rings. The molecule has 0 radical (unpaired) electrons. The summed E-state index contributed by atoms with van der Waals surface area (Å²) in [5, 5.41) is 2.68. The number of ether oxygens (including phenoxy) is 1. The van der Waals surface area contributed by atoms with E-state index in [9.17, 15) is 4.79 Å². The summed E-state index contributed by atoms with van der Waals surface area (Å²) in [6.45, 7) is 0.212. The van der Waals surface area contributed by atoms with Gasteiger partial charge >= 0.3 is 6.09 Å². The summed E-state index contributed by atoms with van der Waals surface area (Å²) in [5.41, 5.74) is 2.59. The molecular formula is C17H16ClNO2. The van der Waals surface area contributed by atoms with Gasteiger partial charge in [-0.3, -0.25) is 5.32 Å². The maximum atomic E-state index is 11.7. The first-order chi connectivity index (χ1) is 10.3. The van der Waals surface area contributed by atoms with Crippen molar-refractivity contribution in [2.24, 2.45) is 0 Å². The minimum atomic E-state index is -0.495. The van der Waals surface area contributed by atoms with Crippen molar-refractivity contribution in [1.82, 2.24) is 0 Å². The van der Waals surface area contributed by atoms with Crippen molar-refractivity contribution in [2.75, 3.05) is 11.9 Å². The van der Waals surface area contributed by atoms with E-state index < -0.39 is 6.09 Å². The molecule has 0 saturated heterocycles. The Morgan fingerprint density at radius 2 is 1.81 bits per heavy atom. The summed E-state index contributed by atoms with van der Waals surface area (Å²) in [7, 11) is 0. The number of benzene rings is 2. The zero-order chi connectivity index (χ0) is 14.9. The molecule has 2 rings (SSSR count). The predicted octanol–water partition coefficient (Wildman–Crippen LogP) is 4.69. The summed E-state index contributed by atoms with van der Waals surface area (Å²) in [6, 6.07) is 17.2. The highest BCUT2D eigenvalue weighted by Gasteiger charge is 2.05. The lowest BCUT2D eigenvalue weighted by Gasteiger charge is -2.08. The molecular weight excluding hydrogens is 286 g/mol. The molecule has 0 aromatic heterocycles. The molecule has 2 aromatic carbocycles. The van der Waals surface area contributed by atoms with Crippen LogP contribution in [-0.2, 0) is 10.6 Å². The number of halogens is 1. The van der Waals surface area contributed by atoms with Crippen molar-refractivity contribution in [2.45, 2.75) is 5.88 Å². The van der Waals surface area contributed by atoms with Crippen LogP contribution in [0.4, 0.5) is 10.5 Å². The summed E-state index contributed by atoms with van der Waals surface area (Å²) in [4.78, 5) is 11.7. The molecule has 0 spiro atoms. The Balaban J connectivity index is 1.81. The number of nitrogens with one attached hydrogen (secondary N) is 1. The second-order valence-electron chi connectivity index (χ2n) is 4.33. The van der Waals surface area contributed by atoms with Crippen LogP contribution >= 0.6 is 11.6 Å². The average molecular weight is 302 g/mol. The Hall–Kier alpha value is -2.26. The molecule has 0 aliphatic carbocycles. The minimum absolute atomic E-state index is 0.212. The van der Waals surface area contributed by atoms with Gasteiger partial charge in [-0.05, 0) is 23.3 Å². The number of anilines is 1. The van der Waals surface area contributed by atoms with Crippen LogP contribution in [0, 0.1) is 0 Å². The predicted molar refractivity (Wildman–Crippen MR) is 86.4 cm³/mol. The highest BCUT2D eigenvalue weighted by atomic mass is 35.5. The van der Waals surface area contributed by atoms with E-state index in [0.717, 1.165) is 11.1 Å². The van der Waals surface area contributed by atoms with E-state index in [1.807, 2.05) is 54.6 Å². The third-order valence-corrected chi connectivity index (χ3v) is 3.11. The van der Waals surface area contributed by atoms with E-state index in [-0.39, 0.29) is 6.61 Å². The lowest BCUT2D eigenvalue weighted by atomic mass is 10.2. The van der Waals surface area contributed by atoms with Gasteiger partial charge in [-0.2, -0.15) is 0 Å². The van der Waals surface area contributed by atoms with Crippen molar-refractivity contribution in [1.29, 1.82) is 0 Å². The highest BCUT2D eigenvalue weighted by molar-refractivity contribution is 6.17. The second-order valence-corrected chi connectivity index (χ2v) is 4.59. The third-order valence-electron chi connectivity index (χ3n) is 2.82. The Morgan fingerprint density at radius 1 is 1.10 bits per heavy atom. The first-order valence-corrected chi connectivity index (χ1v) is 7.12. The fourth-order valence-electron chi connectivity index (χ4n) is 1.78. The van der Waals surface area contributed by atoms with E-state index in [0.29, 0.717) is 11.6 Å². The standard InChI is InChI=1S/C17H16ClNO2/c18-13-15-10-4-5-11-16(15)19-17(20)21-12-6-9-14-7-2-1-3-8-14/h1-11H,12-13H2,(H,19,20)/b9-6+. The van der Waals surface area contributed by atoms with Gasteiger partial charge in [0.2, 0.25) is 0 Å². The number of carbonyl (C=O) groups excluding carboxylic acids is 1. The SMILES string of the molecule is O=C(Nc1ccccc1CCl)OC/C=C/c1ccccc1. The van der Waals surface area contributed by atoms with Gasteiger partial charge in [0.25, 0.3) is 0 Å². The third kappa shape index (κ3) is 4.97. The van der Waals surface area contributed by atoms with Crippen LogP contribution in [0.3, 0.4) is 0 Å². The zero-order valence-corrected chi connectivity index (χ0v) is 12.2. The van der Waals surface area contributed by atoms with Gasteiger partial charge < -0.3 is 4.74 Å². The Kier molecular flexibility index (Phi) is 5.85. The second kappa shape index (κ2) is 8.12. The lowest BCUT2D eigenvalue weighted by Crippen LogP contribution is -2.14. The molecule has 1 amide bonds. The van der Waals surface area contributed by atoms with Crippen molar-refractivity contribution in [3.63, 3.8) is 0 Å². The molecule has 0 atom stereocenters. The van der Waals surface area contributed by atoms with Crippen LogP contribution in [0.5, 0.6) is 0 Å². The molecule has 0 heterocycles. The molecule has 0 unspecified atom stereocenters. The smallest absolute Gasteiger partial charge is 0.411 e. The van der Waals surface area contributed by atoms with E-state index >= 15 is 0 Å². The van der Waals surface area contributed by atoms with E-state index in [4.69, 9.17) is 16.3 Å². The number of amides is 1. The summed E-state index contributed by atoms with van der Waals surface area (Å²) in [6.07, 6.45) is 3.20. The number of carbonyl (C=O) groups is 1. The van der Waals surface area contributed by atoms with Crippen molar-refractivity contribution in [3.05, 3.63) is 71.8 Å². The van der Waals surface area contributed by atoms with E-state index in [1.54, 1.807) is 12.1 Å². The van der Waals surface area contributed by atoms with Crippen LogP contribution in [0.1, 0.15) is 11.1 Å². The van der Waals surface area contributed by atoms with Gasteiger partial charge in [0, 0.05) is 11.6 Å².